The van der Waals surface area contributed by atoms with Crippen LogP contribution in [0.3, 0.4) is 0 Å². The smallest absolute Gasteiger partial charge is 0.227 e. The molecule has 1 aliphatic rings. The Labute approximate surface area is 154 Å². The number of aryl methyl sites for hydroxylation is 2. The van der Waals surface area contributed by atoms with Crippen LogP contribution in [-0.4, -0.2) is 39.6 Å². The number of amides is 2. The van der Waals surface area contributed by atoms with Crippen molar-refractivity contribution in [1.29, 1.82) is 0 Å². The molecule has 0 saturated carbocycles. The van der Waals surface area contributed by atoms with Crippen molar-refractivity contribution in [2.45, 2.75) is 46.1 Å². The number of likely N-dealkylation sites (tertiary alicyclic amines) is 1. The Morgan fingerprint density at radius 1 is 1.27 bits per heavy atom. The molecular formula is C20H26N4O2. The molecule has 0 aliphatic carbocycles. The molecule has 3 rings (SSSR count). The molecule has 1 aliphatic heterocycles. The monoisotopic (exact) mass is 354 g/mol. The molecule has 2 amide bonds. The molecule has 1 fully saturated rings. The topological polar surface area (TPSA) is 67.2 Å². The second kappa shape index (κ2) is 8.17. The lowest BCUT2D eigenvalue weighted by Gasteiger charge is -2.26. The van der Waals surface area contributed by atoms with E-state index in [1.807, 2.05) is 17.7 Å². The first kappa shape index (κ1) is 18.2. The number of aromatic nitrogens is 2. The summed E-state index contributed by atoms with van der Waals surface area (Å²) in [7, 11) is 0. The average Bonchev–Trinajstić information content (AvgIpc) is 2.94. The zero-order valence-electron chi connectivity index (χ0n) is 15.5. The van der Waals surface area contributed by atoms with E-state index in [0.717, 1.165) is 36.3 Å². The number of anilines is 1. The number of hydrogen-bond acceptors (Lipinski definition) is 3. The van der Waals surface area contributed by atoms with Crippen molar-refractivity contribution in [3.8, 4) is 0 Å². The number of carbonyl (C=O) groups excluding carboxylic acids is 2. The van der Waals surface area contributed by atoms with Gasteiger partial charge >= 0.3 is 0 Å². The molecular weight excluding hydrogens is 328 g/mol. The van der Waals surface area contributed by atoms with E-state index < -0.39 is 0 Å². The van der Waals surface area contributed by atoms with Crippen molar-refractivity contribution >= 4 is 17.6 Å². The van der Waals surface area contributed by atoms with Gasteiger partial charge in [0, 0.05) is 31.5 Å². The van der Waals surface area contributed by atoms with Crippen molar-refractivity contribution in [1.82, 2.24) is 14.7 Å². The van der Waals surface area contributed by atoms with Crippen molar-refractivity contribution < 1.29 is 9.59 Å². The van der Waals surface area contributed by atoms with Crippen molar-refractivity contribution in [2.75, 3.05) is 18.4 Å². The molecule has 1 N–H and O–H groups in total. The van der Waals surface area contributed by atoms with E-state index in [1.165, 1.54) is 5.56 Å². The van der Waals surface area contributed by atoms with Crippen LogP contribution in [0.15, 0.2) is 30.5 Å². The number of nitrogens with one attached hydrogen (secondary N) is 1. The number of carbonyl (C=O) groups is 2. The van der Waals surface area contributed by atoms with E-state index in [0.29, 0.717) is 25.9 Å². The Bertz CT molecular complexity index is 797. The first-order valence-electron chi connectivity index (χ1n) is 9.18. The fourth-order valence-corrected chi connectivity index (χ4v) is 3.27. The largest absolute Gasteiger partial charge is 0.342 e. The summed E-state index contributed by atoms with van der Waals surface area (Å²) in [5.41, 5.74) is 3.27. The maximum Gasteiger partial charge on any atom is 0.227 e. The van der Waals surface area contributed by atoms with E-state index in [9.17, 15) is 9.59 Å². The third-order valence-electron chi connectivity index (χ3n) is 4.73. The summed E-state index contributed by atoms with van der Waals surface area (Å²) >= 11 is 0. The molecule has 2 aromatic rings. The van der Waals surface area contributed by atoms with E-state index in [-0.39, 0.29) is 11.8 Å². The fraction of sp³-hybridized carbons (Fsp3) is 0.450. The third-order valence-corrected chi connectivity index (χ3v) is 4.73. The van der Waals surface area contributed by atoms with Crippen LogP contribution in [0.1, 0.15) is 42.4 Å². The molecule has 0 unspecified atom stereocenters. The Morgan fingerprint density at radius 2 is 2.12 bits per heavy atom. The highest BCUT2D eigenvalue weighted by molar-refractivity contribution is 5.91. The van der Waals surface area contributed by atoms with Crippen molar-refractivity contribution in [3.05, 3.63) is 47.2 Å². The first-order chi connectivity index (χ1) is 12.5. The molecule has 1 aromatic carbocycles. The minimum Gasteiger partial charge on any atom is -0.342 e. The maximum atomic E-state index is 12.4. The van der Waals surface area contributed by atoms with Crippen LogP contribution in [0.4, 0.5) is 5.82 Å². The van der Waals surface area contributed by atoms with Gasteiger partial charge in [0.1, 0.15) is 5.82 Å². The van der Waals surface area contributed by atoms with Crippen LogP contribution in [0.2, 0.25) is 0 Å². The van der Waals surface area contributed by atoms with Crippen molar-refractivity contribution in [2.24, 2.45) is 0 Å². The standard InChI is InChI=1S/C20H26N4O2/c1-15-6-5-7-17(12-15)14-24-20(16(2)13-21-24)22-18(25)9-11-23-10-4-3-8-19(23)26/h5-7,12-13H,3-4,8-11,14H2,1-2H3,(H,22,25). The van der Waals surface area contributed by atoms with E-state index >= 15 is 0 Å². The second-order valence-corrected chi connectivity index (χ2v) is 6.96. The van der Waals surface area contributed by atoms with E-state index in [2.05, 4.69) is 35.5 Å². The van der Waals surface area contributed by atoms with Gasteiger partial charge in [0.05, 0.1) is 12.7 Å². The molecule has 2 heterocycles. The lowest BCUT2D eigenvalue weighted by atomic mass is 10.1. The molecule has 0 atom stereocenters. The van der Waals surface area contributed by atoms with E-state index in [1.54, 1.807) is 11.1 Å². The number of benzene rings is 1. The predicted octanol–water partition coefficient (Wildman–Crippen LogP) is 2.89. The van der Waals surface area contributed by atoms with Crippen molar-refractivity contribution in [3.63, 3.8) is 0 Å². The summed E-state index contributed by atoms with van der Waals surface area (Å²) in [5.74, 6) is 0.795. The van der Waals surface area contributed by atoms with Crippen LogP contribution >= 0.6 is 0 Å². The van der Waals surface area contributed by atoms with Crippen LogP contribution in [0.25, 0.3) is 0 Å². The molecule has 6 heteroatoms. The van der Waals surface area contributed by atoms with Gasteiger partial charge in [-0.15, -0.1) is 0 Å². The lowest BCUT2D eigenvalue weighted by Crippen LogP contribution is -2.37. The maximum absolute atomic E-state index is 12.4. The van der Waals surface area contributed by atoms with Gasteiger partial charge in [0.25, 0.3) is 0 Å². The fourth-order valence-electron chi connectivity index (χ4n) is 3.27. The normalized spacial score (nSPS) is 14.5. The minimum atomic E-state index is -0.0857. The van der Waals surface area contributed by atoms with Gasteiger partial charge < -0.3 is 10.2 Å². The summed E-state index contributed by atoms with van der Waals surface area (Å²) < 4.78 is 1.81. The first-order valence-corrected chi connectivity index (χ1v) is 9.18. The third kappa shape index (κ3) is 4.50. The van der Waals surface area contributed by atoms with E-state index in [4.69, 9.17) is 0 Å². The molecule has 1 aromatic heterocycles. The highest BCUT2D eigenvalue weighted by Crippen LogP contribution is 2.17. The quantitative estimate of drug-likeness (QED) is 0.867. The number of piperidine rings is 1. The van der Waals surface area contributed by atoms with Gasteiger partial charge in [-0.3, -0.25) is 9.59 Å². The predicted molar refractivity (Wildman–Crippen MR) is 101 cm³/mol. The van der Waals surface area contributed by atoms with Crippen LogP contribution in [0.5, 0.6) is 0 Å². The molecule has 0 bridgehead atoms. The SMILES string of the molecule is Cc1cccc(Cn2ncc(C)c2NC(=O)CCN2CCCCC2=O)c1. The number of hydrogen-bond donors (Lipinski definition) is 1. The Kier molecular flexibility index (Phi) is 5.71. The summed E-state index contributed by atoms with van der Waals surface area (Å²) in [4.78, 5) is 26.0. The summed E-state index contributed by atoms with van der Waals surface area (Å²) in [6.07, 6.45) is 4.65. The average molecular weight is 354 g/mol. The van der Waals surface area contributed by atoms with Gasteiger partial charge in [-0.05, 0) is 32.3 Å². The Hall–Kier alpha value is -2.63. The highest BCUT2D eigenvalue weighted by atomic mass is 16.2. The van der Waals surface area contributed by atoms with Crippen LogP contribution in [-0.2, 0) is 16.1 Å². The summed E-state index contributed by atoms with van der Waals surface area (Å²) in [6.45, 7) is 5.84. The Balaban J connectivity index is 1.61. The minimum absolute atomic E-state index is 0.0857. The zero-order chi connectivity index (χ0) is 18.5. The van der Waals surface area contributed by atoms with Crippen LogP contribution < -0.4 is 5.32 Å². The molecule has 0 spiro atoms. The molecule has 138 valence electrons. The number of rotatable bonds is 6. The van der Waals surface area contributed by atoms with Gasteiger partial charge in [0.15, 0.2) is 0 Å². The summed E-state index contributed by atoms with van der Waals surface area (Å²) in [5, 5.41) is 7.36. The highest BCUT2D eigenvalue weighted by Gasteiger charge is 2.19. The molecule has 1 saturated heterocycles. The molecule has 6 nitrogen and oxygen atoms in total. The van der Waals surface area contributed by atoms with Gasteiger partial charge in [0.2, 0.25) is 11.8 Å². The lowest BCUT2D eigenvalue weighted by molar-refractivity contribution is -0.133. The molecule has 26 heavy (non-hydrogen) atoms. The zero-order valence-corrected chi connectivity index (χ0v) is 15.5. The van der Waals surface area contributed by atoms with Crippen LogP contribution in [0, 0.1) is 13.8 Å². The van der Waals surface area contributed by atoms with Gasteiger partial charge in [-0.1, -0.05) is 29.8 Å². The summed E-state index contributed by atoms with van der Waals surface area (Å²) in [6, 6.07) is 8.25. The molecule has 0 radical (unpaired) electrons. The Morgan fingerprint density at radius 3 is 2.88 bits per heavy atom. The van der Waals surface area contributed by atoms with Gasteiger partial charge in [-0.2, -0.15) is 5.10 Å². The van der Waals surface area contributed by atoms with Gasteiger partial charge in [-0.25, -0.2) is 4.68 Å². The number of nitrogens with zero attached hydrogens (tertiary/aromatic N) is 3. The second-order valence-electron chi connectivity index (χ2n) is 6.96.